The second kappa shape index (κ2) is 14.7. The Bertz CT molecular complexity index is 1480. The monoisotopic (exact) mass is 588 g/mol. The van der Waals surface area contributed by atoms with Gasteiger partial charge in [-0.1, -0.05) is 91.0 Å². The first-order valence-electron chi connectivity index (χ1n) is 16.3. The molecule has 0 unspecified atom stereocenters. The standard InChI is InChI=1S/C38H44N4O2/c43-37(33-18-17-29-11-7-8-16-32(29)27-33)39-22-19-34-20-26-42(38(44)36(40-34)21-25-41-23-9-10-24-41)28-35(30-12-3-1-4-13-30)31-14-5-2-6-15-31/h1-8,11-18,27,34-36,40H,9-10,19-26,28H2,(H,39,43)/t34-,36+/m0/s1. The van der Waals surface area contributed by atoms with E-state index in [-0.39, 0.29) is 29.8 Å². The molecule has 4 aromatic carbocycles. The molecule has 2 saturated heterocycles. The van der Waals surface area contributed by atoms with Crippen molar-refractivity contribution in [1.29, 1.82) is 0 Å². The highest BCUT2D eigenvalue weighted by atomic mass is 16.2. The molecule has 2 amide bonds. The van der Waals surface area contributed by atoms with Crippen molar-refractivity contribution in [3.8, 4) is 0 Å². The first-order chi connectivity index (χ1) is 21.6. The third-order valence-corrected chi connectivity index (χ3v) is 9.32. The van der Waals surface area contributed by atoms with Crippen molar-refractivity contribution < 1.29 is 9.59 Å². The van der Waals surface area contributed by atoms with Crippen LogP contribution < -0.4 is 10.6 Å². The first kappa shape index (κ1) is 30.0. The van der Waals surface area contributed by atoms with Crippen molar-refractivity contribution in [2.75, 3.05) is 39.3 Å². The predicted octanol–water partition coefficient (Wildman–Crippen LogP) is 5.84. The summed E-state index contributed by atoms with van der Waals surface area (Å²) in [6, 6.07) is 35.0. The number of amides is 2. The number of nitrogens with zero attached hydrogens (tertiary/aromatic N) is 2. The first-order valence-corrected chi connectivity index (χ1v) is 16.3. The van der Waals surface area contributed by atoms with Crippen molar-refractivity contribution >= 4 is 22.6 Å². The summed E-state index contributed by atoms with van der Waals surface area (Å²) in [5.74, 6) is 0.253. The van der Waals surface area contributed by atoms with Crippen molar-refractivity contribution in [2.45, 2.75) is 50.1 Å². The van der Waals surface area contributed by atoms with Gasteiger partial charge in [0.1, 0.15) is 0 Å². The molecule has 44 heavy (non-hydrogen) atoms. The van der Waals surface area contributed by atoms with Crippen LogP contribution in [0.15, 0.2) is 103 Å². The van der Waals surface area contributed by atoms with E-state index in [2.05, 4.69) is 75.0 Å². The van der Waals surface area contributed by atoms with Crippen LogP contribution in [0.25, 0.3) is 10.8 Å². The van der Waals surface area contributed by atoms with Crippen LogP contribution >= 0.6 is 0 Å². The molecule has 0 aromatic heterocycles. The van der Waals surface area contributed by atoms with E-state index in [1.807, 2.05) is 48.5 Å². The van der Waals surface area contributed by atoms with Crippen molar-refractivity contribution in [1.82, 2.24) is 20.4 Å². The lowest BCUT2D eigenvalue weighted by atomic mass is 9.90. The van der Waals surface area contributed by atoms with E-state index in [9.17, 15) is 9.59 Å². The smallest absolute Gasteiger partial charge is 0.251 e. The Morgan fingerprint density at radius 2 is 1.45 bits per heavy atom. The van der Waals surface area contributed by atoms with Crippen molar-refractivity contribution in [3.05, 3.63) is 120 Å². The molecule has 228 valence electrons. The van der Waals surface area contributed by atoms with Crippen LogP contribution in [0.4, 0.5) is 0 Å². The molecule has 2 N–H and O–H groups in total. The molecule has 0 saturated carbocycles. The zero-order chi connectivity index (χ0) is 30.1. The summed E-state index contributed by atoms with van der Waals surface area (Å²) in [5, 5.41) is 9.07. The van der Waals surface area contributed by atoms with Crippen LogP contribution in [0.1, 0.15) is 59.5 Å². The second-order valence-electron chi connectivity index (χ2n) is 12.3. The number of hydrogen-bond acceptors (Lipinski definition) is 4. The average Bonchev–Trinajstić information content (AvgIpc) is 3.55. The Morgan fingerprint density at radius 1 is 0.795 bits per heavy atom. The summed E-state index contributed by atoms with van der Waals surface area (Å²) in [6.45, 7) is 5.10. The molecule has 2 heterocycles. The SMILES string of the molecule is O=C(NCC[C@H]1CCN(CC(c2ccccc2)c2ccccc2)C(=O)[C@@H](CCN2CCCC2)N1)c1ccc2ccccc2c1. The highest BCUT2D eigenvalue weighted by Gasteiger charge is 2.33. The van der Waals surface area contributed by atoms with Gasteiger partial charge in [-0.25, -0.2) is 0 Å². The lowest BCUT2D eigenvalue weighted by Crippen LogP contribution is -2.48. The maximum Gasteiger partial charge on any atom is 0.251 e. The number of likely N-dealkylation sites (tertiary alicyclic amines) is 1. The van der Waals surface area contributed by atoms with Crippen LogP contribution in [0.3, 0.4) is 0 Å². The van der Waals surface area contributed by atoms with Gasteiger partial charge >= 0.3 is 0 Å². The van der Waals surface area contributed by atoms with E-state index < -0.39 is 0 Å². The number of carbonyl (C=O) groups is 2. The van der Waals surface area contributed by atoms with Crippen LogP contribution in [-0.4, -0.2) is 73.0 Å². The molecule has 0 aliphatic carbocycles. The normalized spacial score (nSPS) is 19.4. The fourth-order valence-corrected chi connectivity index (χ4v) is 6.80. The van der Waals surface area contributed by atoms with Gasteiger partial charge in [0, 0.05) is 43.7 Å². The van der Waals surface area contributed by atoms with Gasteiger partial charge in [-0.2, -0.15) is 0 Å². The molecule has 2 atom stereocenters. The Labute approximate surface area is 261 Å². The molecular weight excluding hydrogens is 544 g/mol. The third-order valence-electron chi connectivity index (χ3n) is 9.32. The minimum Gasteiger partial charge on any atom is -0.352 e. The maximum atomic E-state index is 14.1. The lowest BCUT2D eigenvalue weighted by molar-refractivity contribution is -0.133. The van der Waals surface area contributed by atoms with Crippen LogP contribution in [0.2, 0.25) is 0 Å². The zero-order valence-corrected chi connectivity index (χ0v) is 25.5. The number of nitrogens with one attached hydrogen (secondary N) is 2. The molecule has 0 spiro atoms. The minimum absolute atomic E-state index is 0.0544. The van der Waals surface area contributed by atoms with Gasteiger partial charge in [0.15, 0.2) is 0 Å². The Balaban J connectivity index is 1.14. The van der Waals surface area contributed by atoms with Crippen LogP contribution in [-0.2, 0) is 4.79 Å². The summed E-state index contributed by atoms with van der Waals surface area (Å²) in [4.78, 5) is 31.7. The van der Waals surface area contributed by atoms with E-state index in [0.717, 1.165) is 49.7 Å². The van der Waals surface area contributed by atoms with E-state index in [0.29, 0.717) is 25.2 Å². The molecule has 4 aromatic rings. The van der Waals surface area contributed by atoms with Gasteiger partial charge in [0.25, 0.3) is 5.91 Å². The largest absolute Gasteiger partial charge is 0.352 e. The maximum absolute atomic E-state index is 14.1. The van der Waals surface area contributed by atoms with Gasteiger partial charge in [-0.3, -0.25) is 9.59 Å². The molecule has 6 heteroatoms. The molecule has 6 rings (SSSR count). The summed E-state index contributed by atoms with van der Waals surface area (Å²) >= 11 is 0. The van der Waals surface area contributed by atoms with Gasteiger partial charge < -0.3 is 20.4 Å². The summed E-state index contributed by atoms with van der Waals surface area (Å²) in [6.07, 6.45) is 4.92. The van der Waals surface area contributed by atoms with Gasteiger partial charge in [-0.05, 0) is 79.2 Å². The second-order valence-corrected chi connectivity index (χ2v) is 12.3. The van der Waals surface area contributed by atoms with Gasteiger partial charge in [-0.15, -0.1) is 0 Å². The Hall–Kier alpha value is -4.00. The Morgan fingerprint density at radius 3 is 2.16 bits per heavy atom. The fraction of sp³-hybridized carbons (Fsp3) is 0.368. The predicted molar refractivity (Wildman–Crippen MR) is 178 cm³/mol. The van der Waals surface area contributed by atoms with E-state index >= 15 is 0 Å². The zero-order valence-electron chi connectivity index (χ0n) is 25.5. The molecule has 2 fully saturated rings. The quantitative estimate of drug-likeness (QED) is 0.231. The van der Waals surface area contributed by atoms with Crippen molar-refractivity contribution in [2.24, 2.45) is 0 Å². The molecule has 6 nitrogen and oxygen atoms in total. The fourth-order valence-electron chi connectivity index (χ4n) is 6.80. The molecular formula is C38H44N4O2. The number of hydrogen-bond donors (Lipinski definition) is 2. The highest BCUT2D eigenvalue weighted by Crippen LogP contribution is 2.27. The molecule has 2 aliphatic rings. The van der Waals surface area contributed by atoms with Crippen molar-refractivity contribution in [3.63, 3.8) is 0 Å². The van der Waals surface area contributed by atoms with Gasteiger partial charge in [0.05, 0.1) is 6.04 Å². The molecule has 0 radical (unpaired) electrons. The number of carbonyl (C=O) groups excluding carboxylic acids is 2. The third kappa shape index (κ3) is 7.55. The van der Waals surface area contributed by atoms with E-state index in [1.165, 1.54) is 24.0 Å². The van der Waals surface area contributed by atoms with Crippen LogP contribution in [0, 0.1) is 0 Å². The van der Waals surface area contributed by atoms with E-state index in [1.54, 1.807) is 0 Å². The van der Waals surface area contributed by atoms with Crippen LogP contribution in [0.5, 0.6) is 0 Å². The van der Waals surface area contributed by atoms with Gasteiger partial charge in [0.2, 0.25) is 5.91 Å². The topological polar surface area (TPSA) is 64.7 Å². The number of rotatable bonds is 11. The lowest BCUT2D eigenvalue weighted by Gasteiger charge is -2.30. The van der Waals surface area contributed by atoms with E-state index in [4.69, 9.17) is 0 Å². The summed E-state index contributed by atoms with van der Waals surface area (Å²) in [7, 11) is 0. The summed E-state index contributed by atoms with van der Waals surface area (Å²) < 4.78 is 0. The molecule has 0 bridgehead atoms. The molecule has 2 aliphatic heterocycles. The number of fused-ring (bicyclic) bond motifs is 1. The Kier molecular flexibility index (Phi) is 10.0. The highest BCUT2D eigenvalue weighted by molar-refractivity contribution is 5.98. The minimum atomic E-state index is -0.230. The average molecular weight is 589 g/mol. The number of benzene rings is 4. The summed E-state index contributed by atoms with van der Waals surface area (Å²) in [5.41, 5.74) is 3.13.